The van der Waals surface area contributed by atoms with E-state index in [2.05, 4.69) is 4.98 Å². The number of aromatic carboxylic acids is 1. The molecule has 2 aromatic heterocycles. The van der Waals surface area contributed by atoms with Crippen molar-refractivity contribution in [3.63, 3.8) is 0 Å². The molecule has 0 spiro atoms. The molecule has 0 radical (unpaired) electrons. The van der Waals surface area contributed by atoms with Gasteiger partial charge in [0.1, 0.15) is 0 Å². The molecule has 5 heteroatoms. The molecule has 102 valence electrons. The summed E-state index contributed by atoms with van der Waals surface area (Å²) in [6.07, 6.45) is 4.37. The standard InChI is InChI=1S/C14H18N2O2S/c1-14(2,3)11-10(12(17)18)16-8-6-4-5-7-9(8)19-13(16)15-11/h4-7H2,1-3H3,(H,17,18). The Hall–Kier alpha value is -1.36. The molecule has 0 bridgehead atoms. The molecule has 0 unspecified atom stereocenters. The molecule has 0 fully saturated rings. The first-order valence-electron chi connectivity index (χ1n) is 6.66. The number of aromatic nitrogens is 2. The van der Waals surface area contributed by atoms with Crippen molar-refractivity contribution in [2.75, 3.05) is 0 Å². The van der Waals surface area contributed by atoms with Gasteiger partial charge in [-0.3, -0.25) is 4.40 Å². The first-order valence-corrected chi connectivity index (χ1v) is 7.48. The van der Waals surface area contributed by atoms with E-state index in [4.69, 9.17) is 0 Å². The summed E-state index contributed by atoms with van der Waals surface area (Å²) in [7, 11) is 0. The number of fused-ring (bicyclic) bond motifs is 3. The van der Waals surface area contributed by atoms with Gasteiger partial charge in [0, 0.05) is 16.0 Å². The molecule has 1 N–H and O–H groups in total. The quantitative estimate of drug-likeness (QED) is 0.871. The zero-order valence-corrected chi connectivity index (χ0v) is 12.3. The number of aryl methyl sites for hydroxylation is 2. The van der Waals surface area contributed by atoms with E-state index in [0.717, 1.165) is 24.2 Å². The predicted octanol–water partition coefficient (Wildman–Crippen LogP) is 3.27. The van der Waals surface area contributed by atoms with Gasteiger partial charge in [-0.2, -0.15) is 0 Å². The summed E-state index contributed by atoms with van der Waals surface area (Å²) >= 11 is 1.66. The Kier molecular flexibility index (Phi) is 2.71. The Morgan fingerprint density at radius 2 is 2.00 bits per heavy atom. The van der Waals surface area contributed by atoms with Gasteiger partial charge in [-0.1, -0.05) is 20.8 Å². The topological polar surface area (TPSA) is 54.6 Å². The van der Waals surface area contributed by atoms with E-state index in [1.165, 1.54) is 17.0 Å². The van der Waals surface area contributed by atoms with Gasteiger partial charge in [0.15, 0.2) is 10.7 Å². The first kappa shape index (κ1) is 12.7. The highest BCUT2D eigenvalue weighted by atomic mass is 32.1. The van der Waals surface area contributed by atoms with E-state index >= 15 is 0 Å². The van der Waals surface area contributed by atoms with Crippen LogP contribution in [-0.4, -0.2) is 20.5 Å². The molecule has 0 amide bonds. The number of thiazole rings is 1. The molecule has 0 aromatic carbocycles. The summed E-state index contributed by atoms with van der Waals surface area (Å²) < 4.78 is 1.89. The van der Waals surface area contributed by atoms with Crippen molar-refractivity contribution in [1.82, 2.24) is 9.38 Å². The van der Waals surface area contributed by atoms with Crippen LogP contribution in [0.25, 0.3) is 4.96 Å². The molecule has 0 saturated heterocycles. The van der Waals surface area contributed by atoms with Crippen molar-refractivity contribution < 1.29 is 9.90 Å². The van der Waals surface area contributed by atoms with E-state index in [1.54, 1.807) is 11.3 Å². The lowest BCUT2D eigenvalue weighted by Crippen LogP contribution is -2.18. The maximum atomic E-state index is 11.7. The average Bonchev–Trinajstić information content (AvgIpc) is 2.82. The van der Waals surface area contributed by atoms with E-state index in [1.807, 2.05) is 25.2 Å². The molecule has 0 aliphatic heterocycles. The molecular weight excluding hydrogens is 260 g/mol. The molecule has 2 heterocycles. The third-order valence-corrected chi connectivity index (χ3v) is 4.78. The van der Waals surface area contributed by atoms with Crippen LogP contribution in [0, 0.1) is 0 Å². The van der Waals surface area contributed by atoms with Crippen molar-refractivity contribution in [2.45, 2.75) is 51.9 Å². The Morgan fingerprint density at radius 1 is 1.32 bits per heavy atom. The SMILES string of the molecule is CC(C)(C)c1nc2sc3c(n2c1C(=O)O)CCCC3. The maximum absolute atomic E-state index is 11.7. The lowest BCUT2D eigenvalue weighted by atomic mass is 9.90. The average molecular weight is 278 g/mol. The third-order valence-electron chi connectivity index (χ3n) is 3.63. The number of carbonyl (C=O) groups is 1. The molecule has 1 aliphatic rings. The number of hydrogen-bond acceptors (Lipinski definition) is 3. The monoisotopic (exact) mass is 278 g/mol. The van der Waals surface area contributed by atoms with Crippen LogP contribution in [0.15, 0.2) is 0 Å². The molecule has 3 rings (SSSR count). The molecule has 1 aliphatic carbocycles. The van der Waals surface area contributed by atoms with Crippen LogP contribution in [0.3, 0.4) is 0 Å². The maximum Gasteiger partial charge on any atom is 0.354 e. The van der Waals surface area contributed by atoms with Crippen LogP contribution in [0.1, 0.15) is 60.4 Å². The van der Waals surface area contributed by atoms with Crippen LogP contribution >= 0.6 is 11.3 Å². The Morgan fingerprint density at radius 3 is 2.63 bits per heavy atom. The fraction of sp³-hybridized carbons (Fsp3) is 0.571. The van der Waals surface area contributed by atoms with Gasteiger partial charge in [-0.05, 0) is 25.7 Å². The largest absolute Gasteiger partial charge is 0.477 e. The Bertz CT molecular complexity index is 661. The highest BCUT2D eigenvalue weighted by Gasteiger charge is 2.31. The molecule has 0 saturated carbocycles. The Balaban J connectivity index is 2.34. The second-order valence-corrected chi connectivity index (χ2v) is 7.22. The number of carboxylic acid groups (broad SMARTS) is 1. The zero-order chi connectivity index (χ0) is 13.8. The first-order chi connectivity index (χ1) is 8.89. The lowest BCUT2D eigenvalue weighted by molar-refractivity contribution is 0.0686. The van der Waals surface area contributed by atoms with E-state index in [9.17, 15) is 9.90 Å². The number of nitrogens with zero attached hydrogens (tertiary/aromatic N) is 2. The fourth-order valence-corrected chi connectivity index (χ4v) is 3.96. The van der Waals surface area contributed by atoms with Crippen molar-refractivity contribution in [2.24, 2.45) is 0 Å². The summed E-state index contributed by atoms with van der Waals surface area (Å²) in [4.78, 5) is 18.4. The van der Waals surface area contributed by atoms with Crippen LogP contribution in [0.5, 0.6) is 0 Å². The molecular formula is C14H18N2O2S. The Labute approximate surface area is 116 Å². The van der Waals surface area contributed by atoms with Gasteiger partial charge < -0.3 is 5.11 Å². The van der Waals surface area contributed by atoms with E-state index in [-0.39, 0.29) is 5.41 Å². The smallest absolute Gasteiger partial charge is 0.354 e. The summed E-state index contributed by atoms with van der Waals surface area (Å²) in [5, 5.41) is 9.58. The summed E-state index contributed by atoms with van der Waals surface area (Å²) in [5.41, 5.74) is 1.98. The molecule has 19 heavy (non-hydrogen) atoms. The molecule has 2 aromatic rings. The van der Waals surface area contributed by atoms with Gasteiger partial charge in [0.25, 0.3) is 0 Å². The highest BCUT2D eigenvalue weighted by molar-refractivity contribution is 7.17. The minimum Gasteiger partial charge on any atom is -0.477 e. The summed E-state index contributed by atoms with van der Waals surface area (Å²) in [6.45, 7) is 6.04. The highest BCUT2D eigenvalue weighted by Crippen LogP contribution is 2.35. The van der Waals surface area contributed by atoms with Crippen LogP contribution in [-0.2, 0) is 18.3 Å². The molecule has 4 nitrogen and oxygen atoms in total. The van der Waals surface area contributed by atoms with Crippen molar-refractivity contribution >= 4 is 22.3 Å². The minimum atomic E-state index is -0.872. The van der Waals surface area contributed by atoms with Gasteiger partial charge in [-0.15, -0.1) is 11.3 Å². The normalized spacial score (nSPS) is 15.7. The number of imidazole rings is 1. The van der Waals surface area contributed by atoms with Crippen molar-refractivity contribution in [3.05, 3.63) is 22.0 Å². The third kappa shape index (κ3) is 1.87. The number of hydrogen-bond donors (Lipinski definition) is 1. The van der Waals surface area contributed by atoms with E-state index < -0.39 is 5.97 Å². The van der Waals surface area contributed by atoms with Gasteiger partial charge in [0.05, 0.1) is 5.69 Å². The van der Waals surface area contributed by atoms with Crippen molar-refractivity contribution in [3.8, 4) is 0 Å². The predicted molar refractivity (Wildman–Crippen MR) is 75.4 cm³/mol. The summed E-state index contributed by atoms with van der Waals surface area (Å²) in [5.74, 6) is -0.872. The zero-order valence-electron chi connectivity index (χ0n) is 11.5. The van der Waals surface area contributed by atoms with Gasteiger partial charge >= 0.3 is 5.97 Å². The summed E-state index contributed by atoms with van der Waals surface area (Å²) in [6, 6.07) is 0. The van der Waals surface area contributed by atoms with Crippen LogP contribution in [0.4, 0.5) is 0 Å². The number of carboxylic acids is 1. The lowest BCUT2D eigenvalue weighted by Gasteiger charge is -2.17. The second-order valence-electron chi connectivity index (χ2n) is 6.16. The van der Waals surface area contributed by atoms with Crippen LogP contribution in [0.2, 0.25) is 0 Å². The number of rotatable bonds is 1. The minimum absolute atomic E-state index is 0.249. The second kappa shape index (κ2) is 4.07. The van der Waals surface area contributed by atoms with Crippen molar-refractivity contribution in [1.29, 1.82) is 0 Å². The fourth-order valence-electron chi connectivity index (χ4n) is 2.76. The van der Waals surface area contributed by atoms with Crippen LogP contribution < -0.4 is 0 Å². The van der Waals surface area contributed by atoms with Gasteiger partial charge in [0.2, 0.25) is 0 Å². The molecule has 0 atom stereocenters. The van der Waals surface area contributed by atoms with Gasteiger partial charge in [-0.25, -0.2) is 9.78 Å². The van der Waals surface area contributed by atoms with E-state index in [0.29, 0.717) is 11.4 Å².